The second-order valence-electron chi connectivity index (χ2n) is 6.30. The molecule has 0 fully saturated rings. The molecular weight excluding hydrogens is 462 g/mol. The zero-order chi connectivity index (χ0) is 18.5. The topological polar surface area (TPSA) is 6.48 Å². The van der Waals surface area contributed by atoms with Crippen molar-refractivity contribution in [2.24, 2.45) is 0 Å². The van der Waals surface area contributed by atoms with Gasteiger partial charge in [0, 0.05) is 24.5 Å². The van der Waals surface area contributed by atoms with E-state index < -0.39 is 0 Å². The van der Waals surface area contributed by atoms with Gasteiger partial charge in [-0.05, 0) is 48.9 Å². The summed E-state index contributed by atoms with van der Waals surface area (Å²) in [5.41, 5.74) is 5.13. The molecule has 136 valence electrons. The average molecular weight is 482 g/mol. The largest absolute Gasteiger partial charge is 2.00 e. The number of nitrogens with zero attached hydrogens (tertiary/aromatic N) is 2. The van der Waals surface area contributed by atoms with Crippen molar-refractivity contribution in [3.8, 4) is 0 Å². The van der Waals surface area contributed by atoms with Crippen molar-refractivity contribution in [3.63, 3.8) is 0 Å². The molecule has 0 radical (unpaired) electrons. The van der Waals surface area contributed by atoms with Crippen LogP contribution in [-0.2, 0) is 57.6 Å². The molecule has 0 unspecified atom stereocenters. The van der Waals surface area contributed by atoms with Gasteiger partial charge in [-0.2, -0.15) is 0 Å². The number of para-hydroxylation sites is 2. The molecule has 27 heavy (non-hydrogen) atoms. The Hall–Kier alpha value is -0.717. The molecule has 0 amide bonds. The smallest absolute Gasteiger partial charge is 0.411 e. The Kier molecular flexibility index (Phi) is 8.97. The zero-order valence-electron chi connectivity index (χ0n) is 15.1. The SMILES string of the molecule is S=C([S-])N1CCCc2ccccc21.S=C([S-])N1CCCc2ccccc21.[Zn+2]. The fourth-order valence-corrected chi connectivity index (χ4v) is 4.21. The first-order chi connectivity index (χ1) is 12.6. The first-order valence-corrected chi connectivity index (χ1v) is 10.3. The van der Waals surface area contributed by atoms with Crippen LogP contribution in [0.15, 0.2) is 48.5 Å². The van der Waals surface area contributed by atoms with Crippen molar-refractivity contribution in [2.45, 2.75) is 25.7 Å². The van der Waals surface area contributed by atoms with Crippen LogP contribution in [0.1, 0.15) is 24.0 Å². The van der Waals surface area contributed by atoms with Crippen LogP contribution >= 0.6 is 24.4 Å². The standard InChI is InChI=1S/2C10H11NS2.Zn/c2*12-10(13)11-7-3-5-8-4-1-2-6-9(8)11;/h2*1-2,4,6H,3,5,7H2,(H,12,13);/q;;+2/p-2. The van der Waals surface area contributed by atoms with E-state index in [0.29, 0.717) is 8.64 Å². The molecule has 2 aromatic carbocycles. The van der Waals surface area contributed by atoms with Crippen LogP contribution in [0.3, 0.4) is 0 Å². The van der Waals surface area contributed by atoms with Gasteiger partial charge in [0.2, 0.25) is 0 Å². The average Bonchev–Trinajstić information content (AvgIpc) is 2.67. The summed E-state index contributed by atoms with van der Waals surface area (Å²) in [5.74, 6) is 0. The maximum atomic E-state index is 5.03. The molecule has 0 atom stereocenters. The van der Waals surface area contributed by atoms with Crippen molar-refractivity contribution in [1.82, 2.24) is 0 Å². The van der Waals surface area contributed by atoms with Crippen molar-refractivity contribution in [1.29, 1.82) is 0 Å². The van der Waals surface area contributed by atoms with Gasteiger partial charge in [-0.1, -0.05) is 45.0 Å². The second-order valence-corrected chi connectivity index (χ2v) is 8.36. The van der Waals surface area contributed by atoms with E-state index in [4.69, 9.17) is 49.7 Å². The summed E-state index contributed by atoms with van der Waals surface area (Å²) in [6.45, 7) is 1.94. The number of rotatable bonds is 0. The van der Waals surface area contributed by atoms with E-state index in [1.54, 1.807) is 0 Å². The number of anilines is 2. The Morgan fingerprint density at radius 2 is 1.07 bits per heavy atom. The Bertz CT molecular complexity index is 745. The molecular formula is C20H20N2S4Zn. The van der Waals surface area contributed by atoms with Gasteiger partial charge in [0.1, 0.15) is 0 Å². The molecule has 2 aromatic rings. The maximum Gasteiger partial charge on any atom is 2.00 e. The molecule has 2 aliphatic heterocycles. The third kappa shape index (κ3) is 5.64. The molecule has 0 N–H and O–H groups in total. The van der Waals surface area contributed by atoms with Crippen molar-refractivity contribution in [3.05, 3.63) is 59.7 Å². The minimum Gasteiger partial charge on any atom is -0.411 e. The van der Waals surface area contributed by atoms with Gasteiger partial charge in [0.05, 0.1) is 0 Å². The molecule has 0 saturated carbocycles. The summed E-state index contributed by atoms with van der Waals surface area (Å²) < 4.78 is 1.12. The number of hydrogen-bond donors (Lipinski definition) is 0. The molecule has 0 aliphatic carbocycles. The van der Waals surface area contributed by atoms with Crippen LogP contribution in [0.25, 0.3) is 0 Å². The second kappa shape index (κ2) is 10.7. The van der Waals surface area contributed by atoms with E-state index in [1.165, 1.54) is 22.5 Å². The van der Waals surface area contributed by atoms with Crippen LogP contribution in [0.5, 0.6) is 0 Å². The quantitative estimate of drug-likeness (QED) is 0.307. The van der Waals surface area contributed by atoms with Gasteiger partial charge in [-0.15, -0.1) is 0 Å². The van der Waals surface area contributed by atoms with E-state index in [-0.39, 0.29) is 19.5 Å². The van der Waals surface area contributed by atoms with Gasteiger partial charge in [-0.3, -0.25) is 0 Å². The molecule has 7 heteroatoms. The van der Waals surface area contributed by atoms with E-state index >= 15 is 0 Å². The Balaban J connectivity index is 0.000000187. The molecule has 0 bridgehead atoms. The third-order valence-electron chi connectivity index (χ3n) is 4.66. The fourth-order valence-electron chi connectivity index (χ4n) is 3.45. The van der Waals surface area contributed by atoms with Gasteiger partial charge >= 0.3 is 19.5 Å². The van der Waals surface area contributed by atoms with Crippen LogP contribution in [0.2, 0.25) is 0 Å². The number of fused-ring (bicyclic) bond motifs is 2. The van der Waals surface area contributed by atoms with Gasteiger partial charge < -0.3 is 59.5 Å². The number of hydrogen-bond acceptors (Lipinski definition) is 4. The summed E-state index contributed by atoms with van der Waals surface area (Å²) in [7, 11) is 0. The number of benzene rings is 2. The number of thiocarbonyl (C=S) groups is 2. The molecule has 4 rings (SSSR count). The number of aryl methyl sites for hydroxylation is 2. The van der Waals surface area contributed by atoms with E-state index in [9.17, 15) is 0 Å². The predicted molar refractivity (Wildman–Crippen MR) is 124 cm³/mol. The zero-order valence-corrected chi connectivity index (χ0v) is 21.3. The first-order valence-electron chi connectivity index (χ1n) is 8.71. The summed E-state index contributed by atoms with van der Waals surface area (Å²) in [6.07, 6.45) is 4.58. The van der Waals surface area contributed by atoms with E-state index in [0.717, 1.165) is 38.8 Å². The molecule has 0 saturated heterocycles. The van der Waals surface area contributed by atoms with Crippen LogP contribution in [-0.4, -0.2) is 21.7 Å². The van der Waals surface area contributed by atoms with Gasteiger partial charge in [-0.25, -0.2) is 0 Å². The molecule has 0 aromatic heterocycles. The van der Waals surface area contributed by atoms with E-state index in [2.05, 4.69) is 36.4 Å². The normalized spacial score (nSPS) is 14.7. The molecule has 2 nitrogen and oxygen atoms in total. The minimum absolute atomic E-state index is 0. The summed E-state index contributed by atoms with van der Waals surface area (Å²) in [5, 5.41) is 0. The fraction of sp³-hybridized carbons (Fsp3) is 0.300. The molecule has 2 aliphatic rings. The summed E-state index contributed by atoms with van der Waals surface area (Å²) in [6, 6.07) is 16.7. The van der Waals surface area contributed by atoms with Crippen molar-refractivity contribution < 1.29 is 19.5 Å². The van der Waals surface area contributed by atoms with Crippen LogP contribution < -0.4 is 9.80 Å². The summed E-state index contributed by atoms with van der Waals surface area (Å²) >= 11 is 20.1. The van der Waals surface area contributed by atoms with E-state index in [1.807, 2.05) is 21.9 Å². The Morgan fingerprint density at radius 3 is 1.44 bits per heavy atom. The Labute approximate surface area is 196 Å². The maximum absolute atomic E-state index is 5.03. The summed E-state index contributed by atoms with van der Waals surface area (Å²) in [4.78, 5) is 4.09. The van der Waals surface area contributed by atoms with Crippen LogP contribution in [0.4, 0.5) is 11.4 Å². The van der Waals surface area contributed by atoms with Crippen molar-refractivity contribution in [2.75, 3.05) is 22.9 Å². The van der Waals surface area contributed by atoms with Gasteiger partial charge in [0.15, 0.2) is 0 Å². The first kappa shape index (κ1) is 22.6. The van der Waals surface area contributed by atoms with Crippen molar-refractivity contribution >= 4 is 69.7 Å². The predicted octanol–water partition coefficient (Wildman–Crippen LogP) is 4.54. The van der Waals surface area contributed by atoms with Gasteiger partial charge in [0.25, 0.3) is 0 Å². The van der Waals surface area contributed by atoms with Crippen LogP contribution in [0, 0.1) is 0 Å². The Morgan fingerprint density at radius 1 is 0.704 bits per heavy atom. The molecule has 0 spiro atoms. The monoisotopic (exact) mass is 480 g/mol. The molecule has 2 heterocycles. The minimum atomic E-state index is 0. The third-order valence-corrected chi connectivity index (χ3v) is 5.54.